The number of rotatable bonds is 5. The molecule has 0 atom stereocenters. The fourth-order valence-corrected chi connectivity index (χ4v) is 3.94. The number of hydrogen-bond donors (Lipinski definition) is 2. The number of nitriles is 1. The van der Waals surface area contributed by atoms with Gasteiger partial charge in [0.15, 0.2) is 0 Å². The maximum atomic E-state index is 13.8. The maximum Gasteiger partial charge on any atom is 0.267 e. The van der Waals surface area contributed by atoms with Crippen molar-refractivity contribution in [1.82, 2.24) is 19.7 Å². The first-order valence-corrected chi connectivity index (χ1v) is 9.84. The van der Waals surface area contributed by atoms with Crippen LogP contribution in [0.2, 0.25) is 0 Å². The summed E-state index contributed by atoms with van der Waals surface area (Å²) in [7, 11) is 0. The summed E-state index contributed by atoms with van der Waals surface area (Å²) >= 11 is 0. The molecule has 33 heavy (non-hydrogen) atoms. The number of carbonyl (C=O) groups is 2. The van der Waals surface area contributed by atoms with Crippen molar-refractivity contribution in [3.05, 3.63) is 76.2 Å². The third kappa shape index (κ3) is 3.65. The van der Waals surface area contributed by atoms with Gasteiger partial charge in [0.1, 0.15) is 17.6 Å². The van der Waals surface area contributed by atoms with Crippen molar-refractivity contribution in [2.24, 2.45) is 11.5 Å². The fourth-order valence-electron chi connectivity index (χ4n) is 3.94. The molecule has 4 N–H and O–H groups in total. The van der Waals surface area contributed by atoms with Gasteiger partial charge in [-0.3, -0.25) is 19.3 Å². The Morgan fingerprint density at radius 3 is 2.58 bits per heavy atom. The molecule has 10 heteroatoms. The van der Waals surface area contributed by atoms with E-state index in [4.69, 9.17) is 11.5 Å². The second kappa shape index (κ2) is 8.12. The zero-order valence-corrected chi connectivity index (χ0v) is 17.8. The predicted octanol–water partition coefficient (Wildman–Crippen LogP) is 2.37. The molecule has 0 fully saturated rings. The second-order valence-electron chi connectivity index (χ2n) is 7.41. The van der Waals surface area contributed by atoms with Crippen LogP contribution in [0, 0.1) is 31.0 Å². The molecule has 0 aliphatic carbocycles. The standard InChI is InChI=1S/C23H18FN7O2/c1-11-18(12(2)31(30-11)10-17-13(9-25)4-3-7-28-17)20-19(22(26)32)15-6-5-14(24)8-16(15)29-21(20)23(27)33/h3-8H,10H2,1-2H3,(H2,26,32)(H2,27,33). The van der Waals surface area contributed by atoms with Gasteiger partial charge in [0.25, 0.3) is 5.91 Å². The van der Waals surface area contributed by atoms with Gasteiger partial charge in [0, 0.05) is 34.5 Å². The largest absolute Gasteiger partial charge is 0.366 e. The third-order valence-corrected chi connectivity index (χ3v) is 5.37. The third-order valence-electron chi connectivity index (χ3n) is 5.37. The number of halogens is 1. The molecular formula is C23H18FN7O2. The molecule has 0 spiro atoms. The topological polar surface area (TPSA) is 154 Å². The lowest BCUT2D eigenvalue weighted by Crippen LogP contribution is -2.21. The summed E-state index contributed by atoms with van der Waals surface area (Å²) in [5.74, 6) is -2.31. The zero-order valence-electron chi connectivity index (χ0n) is 17.8. The number of amides is 2. The van der Waals surface area contributed by atoms with Crippen LogP contribution in [0.4, 0.5) is 4.39 Å². The molecule has 0 saturated carbocycles. The van der Waals surface area contributed by atoms with E-state index >= 15 is 0 Å². The number of hydrogen-bond acceptors (Lipinski definition) is 6. The Morgan fingerprint density at radius 1 is 1.15 bits per heavy atom. The maximum absolute atomic E-state index is 13.8. The van der Waals surface area contributed by atoms with Gasteiger partial charge in [0.05, 0.1) is 34.6 Å². The monoisotopic (exact) mass is 443 g/mol. The first kappa shape index (κ1) is 21.6. The number of nitrogens with zero attached hydrogens (tertiary/aromatic N) is 5. The van der Waals surface area contributed by atoms with Gasteiger partial charge >= 0.3 is 0 Å². The smallest absolute Gasteiger partial charge is 0.267 e. The highest BCUT2D eigenvalue weighted by atomic mass is 19.1. The molecular weight excluding hydrogens is 425 g/mol. The van der Waals surface area contributed by atoms with E-state index in [1.807, 2.05) is 0 Å². The molecule has 0 bridgehead atoms. The van der Waals surface area contributed by atoms with Gasteiger partial charge in [0.2, 0.25) is 5.91 Å². The number of aromatic nitrogens is 4. The summed E-state index contributed by atoms with van der Waals surface area (Å²) in [4.78, 5) is 33.4. The van der Waals surface area contributed by atoms with E-state index in [1.54, 1.807) is 36.9 Å². The van der Waals surface area contributed by atoms with Crippen LogP contribution in [0.15, 0.2) is 36.5 Å². The summed E-state index contributed by atoms with van der Waals surface area (Å²) in [6.45, 7) is 3.63. The van der Waals surface area contributed by atoms with Crippen LogP contribution < -0.4 is 11.5 Å². The number of fused-ring (bicyclic) bond motifs is 1. The van der Waals surface area contributed by atoms with E-state index in [1.165, 1.54) is 12.1 Å². The lowest BCUT2D eigenvalue weighted by atomic mass is 9.92. The summed E-state index contributed by atoms with van der Waals surface area (Å²) in [5, 5.41) is 14.2. The van der Waals surface area contributed by atoms with Crippen LogP contribution in [-0.2, 0) is 6.54 Å². The fraction of sp³-hybridized carbons (Fsp3) is 0.130. The molecule has 4 rings (SSSR count). The SMILES string of the molecule is Cc1nn(Cc2ncccc2C#N)c(C)c1-c1c(C(N)=O)nc2cc(F)ccc2c1C(N)=O. The molecule has 3 aromatic heterocycles. The Balaban J connectivity index is 2.02. The van der Waals surface area contributed by atoms with Crippen LogP contribution >= 0.6 is 0 Å². The molecule has 0 aliphatic rings. The Bertz CT molecular complexity index is 1500. The van der Waals surface area contributed by atoms with Gasteiger partial charge in [-0.25, -0.2) is 9.37 Å². The molecule has 0 unspecified atom stereocenters. The van der Waals surface area contributed by atoms with Crippen molar-refractivity contribution >= 4 is 22.7 Å². The highest BCUT2D eigenvalue weighted by molar-refractivity contribution is 6.15. The molecule has 9 nitrogen and oxygen atoms in total. The minimum Gasteiger partial charge on any atom is -0.366 e. The number of carbonyl (C=O) groups excluding carboxylic acids is 2. The van der Waals surface area contributed by atoms with E-state index in [2.05, 4.69) is 21.1 Å². The van der Waals surface area contributed by atoms with Crippen LogP contribution in [0.1, 0.15) is 43.5 Å². The van der Waals surface area contributed by atoms with Crippen molar-refractivity contribution in [3.63, 3.8) is 0 Å². The highest BCUT2D eigenvalue weighted by Crippen LogP contribution is 2.36. The number of benzene rings is 1. The predicted molar refractivity (Wildman–Crippen MR) is 117 cm³/mol. The molecule has 0 aliphatic heterocycles. The number of nitrogens with two attached hydrogens (primary N) is 2. The molecule has 4 aromatic rings. The Hall–Kier alpha value is -4.65. The summed E-state index contributed by atoms with van der Waals surface area (Å²) in [6, 6.07) is 9.07. The van der Waals surface area contributed by atoms with Crippen molar-refractivity contribution in [2.45, 2.75) is 20.4 Å². The normalized spacial score (nSPS) is 10.8. The first-order valence-electron chi connectivity index (χ1n) is 9.84. The summed E-state index contributed by atoms with van der Waals surface area (Å²) in [6.07, 6.45) is 1.57. The van der Waals surface area contributed by atoms with Gasteiger partial charge in [-0.15, -0.1) is 0 Å². The molecule has 164 valence electrons. The minimum atomic E-state index is -0.901. The van der Waals surface area contributed by atoms with Crippen molar-refractivity contribution < 1.29 is 14.0 Å². The summed E-state index contributed by atoms with van der Waals surface area (Å²) in [5.41, 5.74) is 13.7. The molecule has 0 saturated heterocycles. The lowest BCUT2D eigenvalue weighted by molar-refractivity contribution is 0.0996. The van der Waals surface area contributed by atoms with E-state index in [-0.39, 0.29) is 34.3 Å². The number of pyridine rings is 2. The highest BCUT2D eigenvalue weighted by Gasteiger charge is 2.28. The molecule has 2 amide bonds. The Kier molecular flexibility index (Phi) is 5.31. The average Bonchev–Trinajstić information content (AvgIpc) is 3.05. The number of aryl methyl sites for hydroxylation is 1. The summed E-state index contributed by atoms with van der Waals surface area (Å²) < 4.78 is 15.4. The van der Waals surface area contributed by atoms with Crippen molar-refractivity contribution in [2.75, 3.05) is 0 Å². The van der Waals surface area contributed by atoms with Crippen molar-refractivity contribution in [1.29, 1.82) is 5.26 Å². The van der Waals surface area contributed by atoms with E-state index in [0.29, 0.717) is 28.2 Å². The quantitative estimate of drug-likeness (QED) is 0.483. The Morgan fingerprint density at radius 2 is 1.91 bits per heavy atom. The zero-order chi connectivity index (χ0) is 23.9. The van der Waals surface area contributed by atoms with Crippen LogP contribution in [0.25, 0.3) is 22.0 Å². The minimum absolute atomic E-state index is 0.00454. The lowest BCUT2D eigenvalue weighted by Gasteiger charge is -2.15. The van der Waals surface area contributed by atoms with Crippen LogP contribution in [-0.4, -0.2) is 31.6 Å². The van der Waals surface area contributed by atoms with E-state index in [0.717, 1.165) is 6.07 Å². The van der Waals surface area contributed by atoms with Gasteiger partial charge in [-0.2, -0.15) is 10.4 Å². The van der Waals surface area contributed by atoms with Crippen LogP contribution in [0.3, 0.4) is 0 Å². The van der Waals surface area contributed by atoms with Crippen molar-refractivity contribution in [3.8, 4) is 17.2 Å². The molecule has 3 heterocycles. The molecule has 1 aromatic carbocycles. The van der Waals surface area contributed by atoms with Gasteiger partial charge in [-0.05, 0) is 38.1 Å². The Labute approximate surface area is 187 Å². The average molecular weight is 443 g/mol. The van der Waals surface area contributed by atoms with E-state index < -0.39 is 17.6 Å². The molecule has 0 radical (unpaired) electrons. The van der Waals surface area contributed by atoms with E-state index in [9.17, 15) is 19.2 Å². The van der Waals surface area contributed by atoms with Crippen LogP contribution in [0.5, 0.6) is 0 Å². The number of primary amides is 2. The van der Waals surface area contributed by atoms with Gasteiger partial charge in [-0.1, -0.05) is 0 Å². The second-order valence-corrected chi connectivity index (χ2v) is 7.41. The van der Waals surface area contributed by atoms with Gasteiger partial charge < -0.3 is 11.5 Å². The first-order chi connectivity index (χ1) is 15.7.